The number of nitrogens with zero attached hydrogens (tertiary/aromatic N) is 1. The standard InChI is InChI=1S/C16H26N2S/c1-13-3-2-7-16(9-13,12-17)18(15-4-5-15)10-14-6-8-19-11-14/h6,8,11,13,15H,2-5,7,9-10,12,17H2,1H3. The van der Waals surface area contributed by atoms with Crippen LogP contribution in [0.5, 0.6) is 0 Å². The Bertz CT molecular complexity index is 399. The lowest BCUT2D eigenvalue weighted by molar-refractivity contribution is 0.0251. The molecule has 0 saturated heterocycles. The van der Waals surface area contributed by atoms with Gasteiger partial charge < -0.3 is 5.73 Å². The van der Waals surface area contributed by atoms with E-state index in [4.69, 9.17) is 5.73 Å². The van der Waals surface area contributed by atoms with Crippen LogP contribution in [0, 0.1) is 5.92 Å². The lowest BCUT2D eigenvalue weighted by atomic mass is 9.75. The first-order chi connectivity index (χ1) is 9.23. The van der Waals surface area contributed by atoms with Crippen LogP contribution in [0.2, 0.25) is 0 Å². The van der Waals surface area contributed by atoms with Crippen LogP contribution in [-0.2, 0) is 6.54 Å². The summed E-state index contributed by atoms with van der Waals surface area (Å²) < 4.78 is 0. The van der Waals surface area contributed by atoms with E-state index in [0.717, 1.165) is 25.0 Å². The Kier molecular flexibility index (Phi) is 3.97. The van der Waals surface area contributed by atoms with Crippen LogP contribution < -0.4 is 5.73 Å². The van der Waals surface area contributed by atoms with Crippen LogP contribution in [-0.4, -0.2) is 23.0 Å². The lowest BCUT2D eigenvalue weighted by Crippen LogP contribution is -2.56. The summed E-state index contributed by atoms with van der Waals surface area (Å²) in [5.41, 5.74) is 8.01. The van der Waals surface area contributed by atoms with E-state index in [1.807, 2.05) is 11.3 Å². The molecule has 3 rings (SSSR count). The van der Waals surface area contributed by atoms with E-state index in [1.54, 1.807) is 0 Å². The molecule has 2 fully saturated rings. The molecule has 2 N–H and O–H groups in total. The Morgan fingerprint density at radius 3 is 2.84 bits per heavy atom. The maximum atomic E-state index is 6.26. The summed E-state index contributed by atoms with van der Waals surface area (Å²) >= 11 is 1.81. The average Bonchev–Trinajstić information content (AvgIpc) is 3.12. The van der Waals surface area contributed by atoms with Crippen LogP contribution >= 0.6 is 11.3 Å². The van der Waals surface area contributed by atoms with Crippen molar-refractivity contribution in [2.45, 2.75) is 63.6 Å². The second-order valence-corrected chi connectivity index (χ2v) is 7.40. The van der Waals surface area contributed by atoms with E-state index in [1.165, 1.54) is 44.1 Å². The smallest absolute Gasteiger partial charge is 0.0340 e. The summed E-state index contributed by atoms with van der Waals surface area (Å²) in [6.45, 7) is 4.34. The van der Waals surface area contributed by atoms with Crippen molar-refractivity contribution >= 4 is 11.3 Å². The molecular formula is C16H26N2S. The molecule has 1 aromatic rings. The molecule has 2 nitrogen and oxygen atoms in total. The normalized spacial score (nSPS) is 31.8. The van der Waals surface area contributed by atoms with Crippen molar-refractivity contribution in [1.82, 2.24) is 4.90 Å². The zero-order valence-corrected chi connectivity index (χ0v) is 12.8. The van der Waals surface area contributed by atoms with E-state index in [-0.39, 0.29) is 5.54 Å². The Hall–Kier alpha value is -0.380. The molecule has 3 heteroatoms. The highest BCUT2D eigenvalue weighted by Gasteiger charge is 2.45. The molecule has 1 aromatic heterocycles. The minimum absolute atomic E-state index is 0.279. The molecule has 0 spiro atoms. The number of thiophene rings is 1. The number of nitrogens with two attached hydrogens (primary N) is 1. The Balaban J connectivity index is 1.80. The van der Waals surface area contributed by atoms with Crippen molar-refractivity contribution in [2.75, 3.05) is 6.54 Å². The first kappa shape index (κ1) is 13.6. The zero-order chi connectivity index (χ0) is 13.3. The Labute approximate surface area is 121 Å². The van der Waals surface area contributed by atoms with Crippen LogP contribution in [0.4, 0.5) is 0 Å². The van der Waals surface area contributed by atoms with Gasteiger partial charge >= 0.3 is 0 Å². The zero-order valence-electron chi connectivity index (χ0n) is 12.0. The highest BCUT2D eigenvalue weighted by Crippen LogP contribution is 2.43. The van der Waals surface area contributed by atoms with Gasteiger partial charge in [0.15, 0.2) is 0 Å². The van der Waals surface area contributed by atoms with Gasteiger partial charge in [0, 0.05) is 24.7 Å². The summed E-state index contributed by atoms with van der Waals surface area (Å²) in [6.07, 6.45) is 8.09. The monoisotopic (exact) mass is 278 g/mol. The molecular weight excluding hydrogens is 252 g/mol. The molecule has 1 heterocycles. The van der Waals surface area contributed by atoms with Gasteiger partial charge in [-0.2, -0.15) is 11.3 Å². The molecule has 0 aliphatic heterocycles. The van der Waals surface area contributed by atoms with Crippen molar-refractivity contribution in [3.8, 4) is 0 Å². The van der Waals surface area contributed by atoms with Crippen LogP contribution in [0.3, 0.4) is 0 Å². The van der Waals surface area contributed by atoms with Gasteiger partial charge in [-0.1, -0.05) is 19.8 Å². The van der Waals surface area contributed by atoms with E-state index >= 15 is 0 Å². The van der Waals surface area contributed by atoms with Gasteiger partial charge in [0.2, 0.25) is 0 Å². The third kappa shape index (κ3) is 2.88. The average molecular weight is 278 g/mol. The summed E-state index contributed by atoms with van der Waals surface area (Å²) in [5.74, 6) is 0.834. The van der Waals surface area contributed by atoms with Crippen LogP contribution in [0.1, 0.15) is 51.0 Å². The number of hydrogen-bond donors (Lipinski definition) is 1. The SMILES string of the molecule is CC1CCCC(CN)(N(Cc2ccsc2)C2CC2)C1. The molecule has 0 amide bonds. The second-order valence-electron chi connectivity index (χ2n) is 6.62. The summed E-state index contributed by atoms with van der Waals surface area (Å²) in [4.78, 5) is 2.77. The van der Waals surface area contributed by atoms with Gasteiger partial charge in [0.25, 0.3) is 0 Å². The van der Waals surface area contributed by atoms with Gasteiger partial charge in [-0.3, -0.25) is 4.90 Å². The first-order valence-electron chi connectivity index (χ1n) is 7.71. The fourth-order valence-electron chi connectivity index (χ4n) is 3.85. The molecule has 19 heavy (non-hydrogen) atoms. The number of hydrogen-bond acceptors (Lipinski definition) is 3. The van der Waals surface area contributed by atoms with Crippen molar-refractivity contribution in [3.63, 3.8) is 0 Å². The van der Waals surface area contributed by atoms with Crippen molar-refractivity contribution in [3.05, 3.63) is 22.4 Å². The highest BCUT2D eigenvalue weighted by atomic mass is 32.1. The lowest BCUT2D eigenvalue weighted by Gasteiger charge is -2.48. The second kappa shape index (κ2) is 5.55. The molecule has 0 aromatic carbocycles. The van der Waals surface area contributed by atoms with Gasteiger partial charge in [0.1, 0.15) is 0 Å². The molecule has 2 aliphatic rings. The molecule has 2 aliphatic carbocycles. The molecule has 0 radical (unpaired) electrons. The minimum Gasteiger partial charge on any atom is -0.329 e. The molecule has 2 unspecified atom stereocenters. The predicted octanol–water partition coefficient (Wildman–Crippen LogP) is 3.62. The van der Waals surface area contributed by atoms with Gasteiger partial charge in [0.05, 0.1) is 0 Å². The third-order valence-electron chi connectivity index (χ3n) is 4.98. The quantitative estimate of drug-likeness (QED) is 0.891. The van der Waals surface area contributed by atoms with E-state index in [0.29, 0.717) is 0 Å². The van der Waals surface area contributed by atoms with Gasteiger partial charge in [-0.15, -0.1) is 0 Å². The molecule has 106 valence electrons. The number of rotatable bonds is 5. The summed E-state index contributed by atoms with van der Waals surface area (Å²) in [7, 11) is 0. The summed E-state index contributed by atoms with van der Waals surface area (Å²) in [6, 6.07) is 3.07. The fourth-order valence-corrected chi connectivity index (χ4v) is 4.51. The van der Waals surface area contributed by atoms with Crippen molar-refractivity contribution < 1.29 is 0 Å². The predicted molar refractivity (Wildman–Crippen MR) is 82.3 cm³/mol. The maximum Gasteiger partial charge on any atom is 0.0340 e. The van der Waals surface area contributed by atoms with Gasteiger partial charge in [-0.05, 0) is 54.0 Å². The van der Waals surface area contributed by atoms with Crippen LogP contribution in [0.15, 0.2) is 16.8 Å². The largest absolute Gasteiger partial charge is 0.329 e. The van der Waals surface area contributed by atoms with E-state index in [2.05, 4.69) is 28.7 Å². The van der Waals surface area contributed by atoms with Crippen LogP contribution in [0.25, 0.3) is 0 Å². The summed E-state index contributed by atoms with van der Waals surface area (Å²) in [5, 5.41) is 4.49. The molecule has 2 atom stereocenters. The Morgan fingerprint density at radius 2 is 2.26 bits per heavy atom. The third-order valence-corrected chi connectivity index (χ3v) is 5.71. The minimum atomic E-state index is 0.279. The van der Waals surface area contributed by atoms with Crippen molar-refractivity contribution in [1.29, 1.82) is 0 Å². The van der Waals surface area contributed by atoms with Crippen molar-refractivity contribution in [2.24, 2.45) is 11.7 Å². The fraction of sp³-hybridized carbons (Fsp3) is 0.750. The molecule has 2 saturated carbocycles. The Morgan fingerprint density at radius 1 is 1.42 bits per heavy atom. The topological polar surface area (TPSA) is 29.3 Å². The van der Waals surface area contributed by atoms with E-state index in [9.17, 15) is 0 Å². The van der Waals surface area contributed by atoms with Gasteiger partial charge in [-0.25, -0.2) is 0 Å². The highest BCUT2D eigenvalue weighted by molar-refractivity contribution is 7.07. The first-order valence-corrected chi connectivity index (χ1v) is 8.66. The van der Waals surface area contributed by atoms with E-state index < -0.39 is 0 Å². The molecule has 0 bridgehead atoms. The maximum absolute atomic E-state index is 6.26.